The maximum atomic E-state index is 9.11. The summed E-state index contributed by atoms with van der Waals surface area (Å²) in [6, 6.07) is 3.52. The van der Waals surface area contributed by atoms with Crippen LogP contribution in [-0.2, 0) is 0 Å². The molecule has 14 heavy (non-hydrogen) atoms. The Morgan fingerprint density at radius 2 is 2.21 bits per heavy atom. The monoisotopic (exact) mass is 196 g/mol. The van der Waals surface area contributed by atoms with E-state index >= 15 is 0 Å². The molecule has 0 aliphatic rings. The third kappa shape index (κ3) is 3.18. The average molecular weight is 196 g/mol. The number of aliphatic hydroxyl groups is 1. The van der Waals surface area contributed by atoms with E-state index in [0.29, 0.717) is 12.2 Å². The Morgan fingerprint density at radius 3 is 2.71 bits per heavy atom. The van der Waals surface area contributed by atoms with Crippen molar-refractivity contribution < 1.29 is 5.11 Å². The quantitative estimate of drug-likeness (QED) is 0.722. The number of nitrogens with zero attached hydrogens (tertiary/aromatic N) is 3. The number of hydrogen-bond donors (Lipinski definition) is 2. The summed E-state index contributed by atoms with van der Waals surface area (Å²) in [5.74, 6) is 1.18. The van der Waals surface area contributed by atoms with Crippen LogP contribution >= 0.6 is 0 Å². The van der Waals surface area contributed by atoms with Crippen LogP contribution in [0.5, 0.6) is 0 Å². The number of nitrogen functional groups attached to an aromatic ring is 1. The Labute approximate surface area is 83.6 Å². The van der Waals surface area contributed by atoms with E-state index in [1.54, 1.807) is 13.0 Å². The smallest absolute Gasteiger partial charge is 0.151 e. The summed E-state index contributed by atoms with van der Waals surface area (Å²) in [7, 11) is 1.91. The van der Waals surface area contributed by atoms with E-state index < -0.39 is 0 Å². The van der Waals surface area contributed by atoms with Crippen LogP contribution in [0.25, 0.3) is 0 Å². The van der Waals surface area contributed by atoms with Crippen LogP contribution in [-0.4, -0.2) is 35.0 Å². The van der Waals surface area contributed by atoms with Gasteiger partial charge in [0.2, 0.25) is 0 Å². The van der Waals surface area contributed by atoms with E-state index in [-0.39, 0.29) is 6.10 Å². The van der Waals surface area contributed by atoms with Gasteiger partial charge in [0, 0.05) is 13.6 Å². The molecule has 0 bridgehead atoms. The zero-order valence-corrected chi connectivity index (χ0v) is 8.51. The number of nitrogens with two attached hydrogens (primary N) is 1. The molecule has 0 aromatic carbocycles. The fourth-order valence-electron chi connectivity index (χ4n) is 1.03. The molecule has 1 aromatic rings. The molecular formula is C9H16N4O. The first-order valence-corrected chi connectivity index (χ1v) is 4.58. The van der Waals surface area contributed by atoms with E-state index in [0.717, 1.165) is 12.4 Å². The molecule has 0 saturated carbocycles. The highest BCUT2D eigenvalue weighted by Gasteiger charge is 2.04. The van der Waals surface area contributed by atoms with Crippen LogP contribution in [0.4, 0.5) is 11.6 Å². The summed E-state index contributed by atoms with van der Waals surface area (Å²) in [5.41, 5.74) is 5.42. The van der Waals surface area contributed by atoms with Gasteiger partial charge in [0.05, 0.1) is 6.10 Å². The minimum Gasteiger partial charge on any atom is -0.393 e. The maximum absolute atomic E-state index is 9.11. The summed E-state index contributed by atoms with van der Waals surface area (Å²) in [4.78, 5) is 1.93. The van der Waals surface area contributed by atoms with Gasteiger partial charge in [-0.05, 0) is 25.5 Å². The van der Waals surface area contributed by atoms with Crippen molar-refractivity contribution in [3.63, 3.8) is 0 Å². The fraction of sp³-hybridized carbons (Fsp3) is 0.556. The van der Waals surface area contributed by atoms with Crippen molar-refractivity contribution in [1.29, 1.82) is 0 Å². The summed E-state index contributed by atoms with van der Waals surface area (Å²) in [6.07, 6.45) is 0.418. The standard InChI is InChI=1S/C9H16N4O/c1-7(14)5-6-13(2)9-4-3-8(10)11-12-9/h3-4,7,14H,5-6H2,1-2H3,(H2,10,11). The molecule has 0 radical (unpaired) electrons. The molecule has 0 amide bonds. The zero-order chi connectivity index (χ0) is 10.6. The van der Waals surface area contributed by atoms with Crippen LogP contribution in [0.3, 0.4) is 0 Å². The molecule has 0 fully saturated rings. The number of hydrogen-bond acceptors (Lipinski definition) is 5. The van der Waals surface area contributed by atoms with Crippen molar-refractivity contribution in [1.82, 2.24) is 10.2 Å². The second-order valence-electron chi connectivity index (χ2n) is 3.38. The zero-order valence-electron chi connectivity index (χ0n) is 8.51. The van der Waals surface area contributed by atoms with E-state index in [1.165, 1.54) is 0 Å². The molecule has 1 atom stereocenters. The normalized spacial score (nSPS) is 12.5. The van der Waals surface area contributed by atoms with Crippen molar-refractivity contribution in [3.05, 3.63) is 12.1 Å². The highest BCUT2D eigenvalue weighted by molar-refractivity contribution is 5.40. The van der Waals surface area contributed by atoms with E-state index in [1.807, 2.05) is 18.0 Å². The summed E-state index contributed by atoms with van der Waals surface area (Å²) < 4.78 is 0. The van der Waals surface area contributed by atoms with Crippen molar-refractivity contribution in [3.8, 4) is 0 Å². The topological polar surface area (TPSA) is 75.3 Å². The lowest BCUT2D eigenvalue weighted by Crippen LogP contribution is -2.23. The van der Waals surface area contributed by atoms with Crippen molar-refractivity contribution in [2.75, 3.05) is 24.2 Å². The van der Waals surface area contributed by atoms with E-state index in [2.05, 4.69) is 10.2 Å². The lowest BCUT2D eigenvalue weighted by atomic mass is 10.3. The van der Waals surface area contributed by atoms with Gasteiger partial charge in [-0.3, -0.25) is 0 Å². The Morgan fingerprint density at radius 1 is 1.50 bits per heavy atom. The molecule has 1 aromatic heterocycles. The van der Waals surface area contributed by atoms with Gasteiger partial charge in [0.1, 0.15) is 5.82 Å². The van der Waals surface area contributed by atoms with Gasteiger partial charge in [0.15, 0.2) is 5.82 Å². The molecule has 5 heteroatoms. The fourth-order valence-corrected chi connectivity index (χ4v) is 1.03. The first-order chi connectivity index (χ1) is 6.59. The SMILES string of the molecule is CC(O)CCN(C)c1ccc(N)nn1. The molecule has 1 rings (SSSR count). The molecule has 3 N–H and O–H groups in total. The molecule has 1 heterocycles. The highest BCUT2D eigenvalue weighted by atomic mass is 16.3. The first kappa shape index (κ1) is 10.7. The molecule has 78 valence electrons. The van der Waals surface area contributed by atoms with E-state index in [9.17, 15) is 0 Å². The third-order valence-electron chi connectivity index (χ3n) is 1.94. The maximum Gasteiger partial charge on any atom is 0.151 e. The summed E-state index contributed by atoms with van der Waals surface area (Å²) in [6.45, 7) is 2.51. The number of aliphatic hydroxyl groups excluding tert-OH is 1. The lowest BCUT2D eigenvalue weighted by Gasteiger charge is -2.17. The van der Waals surface area contributed by atoms with Gasteiger partial charge < -0.3 is 15.7 Å². The van der Waals surface area contributed by atoms with Crippen LogP contribution in [0, 0.1) is 0 Å². The average Bonchev–Trinajstić information content (AvgIpc) is 2.15. The molecule has 0 spiro atoms. The van der Waals surface area contributed by atoms with Crippen LogP contribution in [0.15, 0.2) is 12.1 Å². The van der Waals surface area contributed by atoms with Crippen LogP contribution < -0.4 is 10.6 Å². The van der Waals surface area contributed by atoms with Crippen molar-refractivity contribution >= 4 is 11.6 Å². The second kappa shape index (κ2) is 4.76. The van der Waals surface area contributed by atoms with Gasteiger partial charge in [-0.15, -0.1) is 10.2 Å². The molecular weight excluding hydrogens is 180 g/mol. The van der Waals surface area contributed by atoms with Gasteiger partial charge in [-0.2, -0.15) is 0 Å². The van der Waals surface area contributed by atoms with Crippen molar-refractivity contribution in [2.45, 2.75) is 19.4 Å². The third-order valence-corrected chi connectivity index (χ3v) is 1.94. The van der Waals surface area contributed by atoms with Crippen LogP contribution in [0.1, 0.15) is 13.3 Å². The predicted octanol–water partition coefficient (Wildman–Crippen LogP) is 0.266. The molecule has 1 unspecified atom stereocenters. The molecule has 5 nitrogen and oxygen atoms in total. The first-order valence-electron chi connectivity index (χ1n) is 4.58. The van der Waals surface area contributed by atoms with Crippen molar-refractivity contribution in [2.24, 2.45) is 0 Å². The lowest BCUT2D eigenvalue weighted by molar-refractivity contribution is 0.187. The minimum atomic E-state index is -0.292. The van der Waals surface area contributed by atoms with Gasteiger partial charge in [-0.1, -0.05) is 0 Å². The highest BCUT2D eigenvalue weighted by Crippen LogP contribution is 2.08. The molecule has 0 aliphatic carbocycles. The Bertz CT molecular complexity index is 273. The predicted molar refractivity (Wildman–Crippen MR) is 56.0 cm³/mol. The number of aromatic nitrogens is 2. The molecule has 0 saturated heterocycles. The number of anilines is 2. The van der Waals surface area contributed by atoms with Gasteiger partial charge in [-0.25, -0.2) is 0 Å². The molecule has 0 aliphatic heterocycles. The Hall–Kier alpha value is -1.36. The van der Waals surface area contributed by atoms with Gasteiger partial charge in [0.25, 0.3) is 0 Å². The van der Waals surface area contributed by atoms with Gasteiger partial charge >= 0.3 is 0 Å². The van der Waals surface area contributed by atoms with E-state index in [4.69, 9.17) is 10.8 Å². The number of rotatable bonds is 4. The Kier molecular flexibility index (Phi) is 3.64. The summed E-state index contributed by atoms with van der Waals surface area (Å²) in [5, 5.41) is 16.8. The Balaban J connectivity index is 2.52. The second-order valence-corrected chi connectivity index (χ2v) is 3.38. The van der Waals surface area contributed by atoms with Crippen LogP contribution in [0.2, 0.25) is 0 Å². The largest absolute Gasteiger partial charge is 0.393 e. The minimum absolute atomic E-state index is 0.292. The summed E-state index contributed by atoms with van der Waals surface area (Å²) >= 11 is 0.